The van der Waals surface area contributed by atoms with E-state index in [1.165, 1.54) is 17.2 Å². The molecule has 2 aromatic rings. The molecule has 0 aromatic heterocycles. The zero-order valence-corrected chi connectivity index (χ0v) is 14.8. The van der Waals surface area contributed by atoms with Crippen LogP contribution in [0.4, 0.5) is 10.1 Å². The van der Waals surface area contributed by atoms with E-state index in [0.29, 0.717) is 18.2 Å². The molecule has 128 valence electrons. The van der Waals surface area contributed by atoms with Gasteiger partial charge in [-0.3, -0.25) is 0 Å². The number of para-hydroxylation sites is 1. The summed E-state index contributed by atoms with van der Waals surface area (Å²) in [7, 11) is 0. The number of nitrogens with two attached hydrogens (primary N) is 1. The number of rotatable bonds is 2. The zero-order valence-electron chi connectivity index (χ0n) is 14.8. The highest BCUT2D eigenvalue weighted by atomic mass is 19.1. The molecular weight excluding hydrogens is 299 g/mol. The van der Waals surface area contributed by atoms with Crippen LogP contribution in [0.1, 0.15) is 44.2 Å². The fourth-order valence-electron chi connectivity index (χ4n) is 3.54. The lowest BCUT2D eigenvalue weighted by atomic mass is 9.83. The molecule has 2 N–H and O–H groups in total. The molecule has 1 fully saturated rings. The highest BCUT2D eigenvalue weighted by Crippen LogP contribution is 2.32. The Morgan fingerprint density at radius 1 is 1.00 bits per heavy atom. The Labute approximate surface area is 144 Å². The quantitative estimate of drug-likeness (QED) is 0.884. The predicted octanol–water partition coefficient (Wildman–Crippen LogP) is 4.44. The Morgan fingerprint density at radius 3 is 2.29 bits per heavy atom. The number of halogens is 1. The van der Waals surface area contributed by atoms with Gasteiger partial charge in [-0.15, -0.1) is 0 Å². The van der Waals surface area contributed by atoms with Crippen molar-refractivity contribution in [1.29, 1.82) is 0 Å². The smallest absolute Gasteiger partial charge is 0.146 e. The molecule has 2 aromatic carbocycles. The molecule has 3 heteroatoms. The molecule has 1 aliphatic heterocycles. The van der Waals surface area contributed by atoms with Crippen molar-refractivity contribution in [3.05, 3.63) is 65.5 Å². The maximum Gasteiger partial charge on any atom is 0.146 e. The average Bonchev–Trinajstić information content (AvgIpc) is 2.54. The van der Waals surface area contributed by atoms with Gasteiger partial charge in [0.1, 0.15) is 5.82 Å². The van der Waals surface area contributed by atoms with Gasteiger partial charge in [0.2, 0.25) is 0 Å². The number of nitrogens with zero attached hydrogens (tertiary/aromatic N) is 1. The van der Waals surface area contributed by atoms with Crippen molar-refractivity contribution in [2.24, 2.45) is 5.73 Å². The molecule has 2 nitrogen and oxygen atoms in total. The Morgan fingerprint density at radius 2 is 1.67 bits per heavy atom. The van der Waals surface area contributed by atoms with Crippen LogP contribution in [0.5, 0.6) is 0 Å². The van der Waals surface area contributed by atoms with Gasteiger partial charge in [-0.05, 0) is 35.1 Å². The first-order chi connectivity index (χ1) is 11.3. The van der Waals surface area contributed by atoms with E-state index in [0.717, 1.165) is 13.0 Å². The molecule has 1 heterocycles. The van der Waals surface area contributed by atoms with E-state index in [1.807, 2.05) is 12.1 Å². The SMILES string of the molecule is CC(C)(C)c1ccc(C2CC(N)CN(c3ccccc3F)C2)cc1. The first-order valence-electron chi connectivity index (χ1n) is 8.70. The number of piperidine rings is 1. The Kier molecular flexibility index (Phi) is 4.64. The second kappa shape index (κ2) is 6.56. The van der Waals surface area contributed by atoms with E-state index in [9.17, 15) is 4.39 Å². The van der Waals surface area contributed by atoms with Crippen molar-refractivity contribution in [2.75, 3.05) is 18.0 Å². The van der Waals surface area contributed by atoms with Gasteiger partial charge in [0.15, 0.2) is 0 Å². The first kappa shape index (κ1) is 17.0. The third kappa shape index (κ3) is 3.62. The molecule has 0 bridgehead atoms. The van der Waals surface area contributed by atoms with Crippen LogP contribution >= 0.6 is 0 Å². The molecular formula is C21H27FN2. The van der Waals surface area contributed by atoms with E-state index in [-0.39, 0.29) is 17.3 Å². The van der Waals surface area contributed by atoms with E-state index < -0.39 is 0 Å². The lowest BCUT2D eigenvalue weighted by molar-refractivity contribution is 0.448. The summed E-state index contributed by atoms with van der Waals surface area (Å²) in [5.74, 6) is 0.163. The van der Waals surface area contributed by atoms with Crippen molar-refractivity contribution >= 4 is 5.69 Å². The van der Waals surface area contributed by atoms with Crippen molar-refractivity contribution < 1.29 is 4.39 Å². The van der Waals surface area contributed by atoms with Crippen LogP contribution in [-0.2, 0) is 5.41 Å². The van der Waals surface area contributed by atoms with Gasteiger partial charge in [-0.2, -0.15) is 0 Å². The number of hydrogen-bond acceptors (Lipinski definition) is 2. The average molecular weight is 326 g/mol. The van der Waals surface area contributed by atoms with Crippen LogP contribution < -0.4 is 10.6 Å². The number of hydrogen-bond donors (Lipinski definition) is 1. The minimum absolute atomic E-state index is 0.0608. The molecule has 3 rings (SSSR count). The maximum absolute atomic E-state index is 14.1. The van der Waals surface area contributed by atoms with Crippen LogP contribution in [0.25, 0.3) is 0 Å². The van der Waals surface area contributed by atoms with Gasteiger partial charge < -0.3 is 10.6 Å². The van der Waals surface area contributed by atoms with E-state index in [1.54, 1.807) is 6.07 Å². The molecule has 24 heavy (non-hydrogen) atoms. The zero-order chi connectivity index (χ0) is 17.3. The molecule has 1 aliphatic rings. The van der Waals surface area contributed by atoms with Crippen LogP contribution in [0.3, 0.4) is 0 Å². The normalized spacial score (nSPS) is 21.8. The van der Waals surface area contributed by atoms with E-state index >= 15 is 0 Å². The number of anilines is 1. The monoisotopic (exact) mass is 326 g/mol. The van der Waals surface area contributed by atoms with Crippen molar-refractivity contribution in [1.82, 2.24) is 0 Å². The lowest BCUT2D eigenvalue weighted by Gasteiger charge is -2.38. The summed E-state index contributed by atoms with van der Waals surface area (Å²) in [5.41, 5.74) is 9.71. The van der Waals surface area contributed by atoms with E-state index in [4.69, 9.17) is 5.73 Å². The molecule has 0 saturated carbocycles. The third-order valence-electron chi connectivity index (χ3n) is 4.92. The fraction of sp³-hybridized carbons (Fsp3) is 0.429. The van der Waals surface area contributed by atoms with Crippen molar-refractivity contribution in [3.63, 3.8) is 0 Å². The highest BCUT2D eigenvalue weighted by Gasteiger charge is 2.28. The number of benzene rings is 2. The molecule has 0 spiro atoms. The summed E-state index contributed by atoms with van der Waals surface area (Å²) < 4.78 is 14.1. The Bertz CT molecular complexity index is 688. The Balaban J connectivity index is 1.82. The summed E-state index contributed by atoms with van der Waals surface area (Å²) in [6.45, 7) is 8.18. The van der Waals surface area contributed by atoms with Crippen LogP contribution in [0.15, 0.2) is 48.5 Å². The van der Waals surface area contributed by atoms with Gasteiger partial charge >= 0.3 is 0 Å². The molecule has 2 unspecified atom stereocenters. The molecule has 0 radical (unpaired) electrons. The summed E-state index contributed by atoms with van der Waals surface area (Å²) >= 11 is 0. The summed E-state index contributed by atoms with van der Waals surface area (Å²) in [6, 6.07) is 15.9. The van der Waals surface area contributed by atoms with Crippen LogP contribution in [0.2, 0.25) is 0 Å². The molecule has 0 aliphatic carbocycles. The second-order valence-corrected chi connectivity index (χ2v) is 7.92. The van der Waals surface area contributed by atoms with Gasteiger partial charge in [0, 0.05) is 25.0 Å². The molecule has 0 amide bonds. The fourth-order valence-corrected chi connectivity index (χ4v) is 3.54. The maximum atomic E-state index is 14.1. The lowest BCUT2D eigenvalue weighted by Crippen LogP contribution is -2.46. The summed E-state index contributed by atoms with van der Waals surface area (Å²) in [5, 5.41) is 0. The summed E-state index contributed by atoms with van der Waals surface area (Å²) in [6.07, 6.45) is 0.944. The van der Waals surface area contributed by atoms with Crippen molar-refractivity contribution in [3.8, 4) is 0 Å². The van der Waals surface area contributed by atoms with Gasteiger partial charge in [-0.1, -0.05) is 57.2 Å². The molecule has 1 saturated heterocycles. The molecule has 2 atom stereocenters. The van der Waals surface area contributed by atoms with Gasteiger partial charge in [-0.25, -0.2) is 4.39 Å². The first-order valence-corrected chi connectivity index (χ1v) is 8.70. The Hall–Kier alpha value is -1.87. The van der Waals surface area contributed by atoms with Crippen LogP contribution in [-0.4, -0.2) is 19.1 Å². The van der Waals surface area contributed by atoms with Crippen LogP contribution in [0, 0.1) is 5.82 Å². The third-order valence-corrected chi connectivity index (χ3v) is 4.92. The summed E-state index contributed by atoms with van der Waals surface area (Å²) in [4.78, 5) is 2.09. The van der Waals surface area contributed by atoms with Gasteiger partial charge in [0.25, 0.3) is 0 Å². The standard InChI is InChI=1S/C21H27FN2/c1-21(2,3)17-10-8-15(9-11-17)16-12-18(23)14-24(13-16)20-7-5-4-6-19(20)22/h4-11,16,18H,12-14,23H2,1-3H3. The van der Waals surface area contributed by atoms with Gasteiger partial charge in [0.05, 0.1) is 5.69 Å². The second-order valence-electron chi connectivity index (χ2n) is 7.92. The topological polar surface area (TPSA) is 29.3 Å². The minimum Gasteiger partial charge on any atom is -0.367 e. The largest absolute Gasteiger partial charge is 0.367 e. The highest BCUT2D eigenvalue weighted by molar-refractivity contribution is 5.49. The van der Waals surface area contributed by atoms with Crippen molar-refractivity contribution in [2.45, 2.75) is 44.6 Å². The van der Waals surface area contributed by atoms with E-state index in [2.05, 4.69) is 49.9 Å². The predicted molar refractivity (Wildman–Crippen MR) is 99.1 cm³/mol. The minimum atomic E-state index is -0.173.